The first-order chi connectivity index (χ1) is 15.1. The Bertz CT molecular complexity index is 593. The zero-order valence-corrected chi connectivity index (χ0v) is 22.6. The predicted molar refractivity (Wildman–Crippen MR) is 140 cm³/mol. The Morgan fingerprint density at radius 3 is 1.09 bits per heavy atom. The number of rotatable bonds is 7. The fourth-order valence-corrected chi connectivity index (χ4v) is 2.83. The molecule has 0 aliphatic rings. The molecule has 3 nitrogen and oxygen atoms in total. The third-order valence-corrected chi connectivity index (χ3v) is 5.89. The molecule has 0 aliphatic heterocycles. The van der Waals surface area contributed by atoms with E-state index in [4.69, 9.17) is 14.6 Å². The summed E-state index contributed by atoms with van der Waals surface area (Å²) in [4.78, 5) is 0. The van der Waals surface area contributed by atoms with Crippen LogP contribution in [-0.2, 0) is 20.3 Å². The van der Waals surface area contributed by atoms with Crippen molar-refractivity contribution in [1.29, 1.82) is 0 Å². The van der Waals surface area contributed by atoms with Gasteiger partial charge in [-0.3, -0.25) is 0 Å². The van der Waals surface area contributed by atoms with Crippen molar-refractivity contribution in [2.45, 2.75) is 85.4 Å². The van der Waals surface area contributed by atoms with Gasteiger partial charge >= 0.3 is 0 Å². The highest BCUT2D eigenvalue weighted by molar-refractivity contribution is 5.23. The molecular formula is C29H50O3. The molecule has 2 aromatic rings. The van der Waals surface area contributed by atoms with Crippen molar-refractivity contribution in [3.8, 4) is 0 Å². The van der Waals surface area contributed by atoms with Gasteiger partial charge in [0, 0.05) is 27.2 Å². The van der Waals surface area contributed by atoms with Crippen molar-refractivity contribution in [1.82, 2.24) is 0 Å². The Balaban J connectivity index is 0. The van der Waals surface area contributed by atoms with Crippen molar-refractivity contribution >= 4 is 0 Å². The maximum atomic E-state index is 7.00. The summed E-state index contributed by atoms with van der Waals surface area (Å²) < 4.78 is 9.88. The molecule has 0 radical (unpaired) electrons. The molecule has 0 atom stereocenters. The Hall–Kier alpha value is -1.68. The monoisotopic (exact) mass is 446 g/mol. The second-order valence-electron chi connectivity index (χ2n) is 9.29. The van der Waals surface area contributed by atoms with Gasteiger partial charge in [0.15, 0.2) is 6.29 Å². The summed E-state index contributed by atoms with van der Waals surface area (Å²) in [7, 11) is 4.29. The standard InChI is InChI=1S/2C11H16.C6H14O2.CH4O/c2*1-4-11(2,3)10-8-6-5-7-9-10;1-5(2)6(7-3)8-4;1-2/h2*5-9H,4H2,1-3H3;5-6H,1-4H3;2H,1H3. The van der Waals surface area contributed by atoms with Crippen LogP contribution in [0.15, 0.2) is 60.7 Å². The van der Waals surface area contributed by atoms with E-state index in [2.05, 4.69) is 116 Å². The molecule has 3 heteroatoms. The molecule has 2 aromatic carbocycles. The van der Waals surface area contributed by atoms with Gasteiger partial charge in [0.1, 0.15) is 0 Å². The molecule has 0 spiro atoms. The summed E-state index contributed by atoms with van der Waals surface area (Å²) in [5.41, 5.74) is 3.53. The molecule has 0 amide bonds. The second kappa shape index (κ2) is 17.8. The van der Waals surface area contributed by atoms with E-state index in [9.17, 15) is 0 Å². The number of hydrogen-bond donors (Lipinski definition) is 1. The van der Waals surface area contributed by atoms with Crippen LogP contribution < -0.4 is 0 Å². The Morgan fingerprint density at radius 2 is 0.938 bits per heavy atom. The van der Waals surface area contributed by atoms with E-state index in [1.807, 2.05) is 0 Å². The van der Waals surface area contributed by atoms with Gasteiger partial charge in [-0.1, -0.05) is 116 Å². The fraction of sp³-hybridized carbons (Fsp3) is 0.586. The number of hydrogen-bond acceptors (Lipinski definition) is 3. The minimum absolute atomic E-state index is 0.0463. The van der Waals surface area contributed by atoms with Crippen LogP contribution in [0.3, 0.4) is 0 Å². The van der Waals surface area contributed by atoms with E-state index in [1.54, 1.807) is 14.2 Å². The van der Waals surface area contributed by atoms with Crippen LogP contribution in [-0.4, -0.2) is 32.7 Å². The molecule has 0 fully saturated rings. The average molecular weight is 447 g/mol. The summed E-state index contributed by atoms with van der Waals surface area (Å²) in [6.07, 6.45) is 2.34. The molecule has 0 bridgehead atoms. The van der Waals surface area contributed by atoms with Gasteiger partial charge < -0.3 is 14.6 Å². The predicted octanol–water partition coefficient (Wildman–Crippen LogP) is 7.62. The maximum absolute atomic E-state index is 7.00. The van der Waals surface area contributed by atoms with Crippen LogP contribution in [0.25, 0.3) is 0 Å². The maximum Gasteiger partial charge on any atom is 0.159 e. The summed E-state index contributed by atoms with van der Waals surface area (Å²) in [6, 6.07) is 21.3. The second-order valence-corrected chi connectivity index (χ2v) is 9.29. The molecule has 184 valence electrons. The van der Waals surface area contributed by atoms with E-state index in [-0.39, 0.29) is 6.29 Å². The van der Waals surface area contributed by atoms with E-state index in [0.717, 1.165) is 7.11 Å². The number of ether oxygens (including phenoxy) is 2. The normalized spacial score (nSPS) is 10.9. The largest absolute Gasteiger partial charge is 0.400 e. The molecule has 1 N–H and O–H groups in total. The van der Waals surface area contributed by atoms with Crippen LogP contribution in [0, 0.1) is 5.92 Å². The number of benzene rings is 2. The SMILES string of the molecule is CCC(C)(C)c1ccccc1.CCC(C)(C)c1ccccc1.CO.COC(OC)C(C)C. The molecule has 0 saturated heterocycles. The van der Waals surface area contributed by atoms with Gasteiger partial charge in [0.05, 0.1) is 0 Å². The van der Waals surface area contributed by atoms with Gasteiger partial charge in [-0.2, -0.15) is 0 Å². The highest BCUT2D eigenvalue weighted by Gasteiger charge is 2.17. The lowest BCUT2D eigenvalue weighted by molar-refractivity contribution is -0.128. The molecule has 0 aromatic heterocycles. The topological polar surface area (TPSA) is 38.7 Å². The quantitative estimate of drug-likeness (QED) is 0.445. The highest BCUT2D eigenvalue weighted by Crippen LogP contribution is 2.26. The van der Waals surface area contributed by atoms with Gasteiger partial charge in [0.25, 0.3) is 0 Å². The zero-order chi connectivity index (χ0) is 25.2. The van der Waals surface area contributed by atoms with Gasteiger partial charge in [-0.05, 0) is 34.8 Å². The van der Waals surface area contributed by atoms with Crippen molar-refractivity contribution < 1.29 is 14.6 Å². The van der Waals surface area contributed by atoms with E-state index < -0.39 is 0 Å². The molecule has 2 rings (SSSR count). The fourth-order valence-electron chi connectivity index (χ4n) is 2.83. The third kappa shape index (κ3) is 13.0. The minimum Gasteiger partial charge on any atom is -0.400 e. The van der Waals surface area contributed by atoms with Crippen molar-refractivity contribution in [2.24, 2.45) is 5.92 Å². The lowest BCUT2D eigenvalue weighted by Gasteiger charge is -2.22. The van der Waals surface area contributed by atoms with Crippen LogP contribution >= 0.6 is 0 Å². The summed E-state index contributed by atoms with van der Waals surface area (Å²) in [5, 5.41) is 7.00. The van der Waals surface area contributed by atoms with Crippen LogP contribution in [0.5, 0.6) is 0 Å². The highest BCUT2D eigenvalue weighted by atomic mass is 16.7. The summed E-state index contributed by atoms with van der Waals surface area (Å²) >= 11 is 0. The van der Waals surface area contributed by atoms with Gasteiger partial charge in [-0.25, -0.2) is 0 Å². The van der Waals surface area contributed by atoms with Gasteiger partial charge in [0.2, 0.25) is 0 Å². The van der Waals surface area contributed by atoms with Crippen LogP contribution in [0.1, 0.15) is 79.4 Å². The van der Waals surface area contributed by atoms with Crippen LogP contribution in [0.4, 0.5) is 0 Å². The molecule has 0 saturated carbocycles. The van der Waals surface area contributed by atoms with E-state index >= 15 is 0 Å². The van der Waals surface area contributed by atoms with Crippen molar-refractivity contribution in [2.75, 3.05) is 21.3 Å². The van der Waals surface area contributed by atoms with Crippen molar-refractivity contribution in [3.63, 3.8) is 0 Å². The number of aliphatic hydroxyl groups excluding tert-OH is 1. The molecular weight excluding hydrogens is 396 g/mol. The third-order valence-electron chi connectivity index (χ3n) is 5.89. The summed E-state index contributed by atoms with van der Waals surface area (Å²) in [6.45, 7) is 17.7. The van der Waals surface area contributed by atoms with E-state index in [1.165, 1.54) is 24.0 Å². The number of aliphatic hydroxyl groups is 1. The first-order valence-corrected chi connectivity index (χ1v) is 11.7. The smallest absolute Gasteiger partial charge is 0.159 e. The lowest BCUT2D eigenvalue weighted by atomic mass is 9.82. The van der Waals surface area contributed by atoms with Gasteiger partial charge in [-0.15, -0.1) is 0 Å². The molecule has 0 aliphatic carbocycles. The Labute approximate surface area is 199 Å². The Morgan fingerprint density at radius 1 is 0.656 bits per heavy atom. The first kappa shape index (κ1) is 32.5. The van der Waals surface area contributed by atoms with Crippen molar-refractivity contribution in [3.05, 3.63) is 71.8 Å². The van der Waals surface area contributed by atoms with Crippen LogP contribution in [0.2, 0.25) is 0 Å². The minimum atomic E-state index is -0.0463. The lowest BCUT2D eigenvalue weighted by Crippen LogP contribution is -2.19. The zero-order valence-electron chi connectivity index (χ0n) is 22.6. The van der Waals surface area contributed by atoms with E-state index in [0.29, 0.717) is 16.7 Å². The molecule has 32 heavy (non-hydrogen) atoms. The average Bonchev–Trinajstić information content (AvgIpc) is 2.83. The summed E-state index contributed by atoms with van der Waals surface area (Å²) in [5.74, 6) is 0.435. The first-order valence-electron chi connectivity index (χ1n) is 11.7. The Kier molecular flexibility index (Phi) is 18.1. The molecule has 0 unspecified atom stereocenters. The molecule has 0 heterocycles. The number of methoxy groups -OCH3 is 2.